The van der Waals surface area contributed by atoms with E-state index >= 15 is 0 Å². The number of phosphoric ester groups is 2. The summed E-state index contributed by atoms with van der Waals surface area (Å²) in [5.74, 6) is -1.58. The zero-order valence-corrected chi connectivity index (χ0v) is 80.5. The molecular weight excluding hydrogens is 1600 g/mol. The molecule has 0 saturated carbocycles. The van der Waals surface area contributed by atoms with Crippen molar-refractivity contribution in [1.82, 2.24) is 0 Å². The summed E-state index contributed by atoms with van der Waals surface area (Å²) in [7, 11) is -9.83. The minimum Gasteiger partial charge on any atom is -0.463 e. The Morgan fingerprint density at radius 3 is 0.632 bits per heavy atom. The van der Waals surface area contributed by atoms with Gasteiger partial charge in [-0.1, -0.05) is 414 Å². The molecule has 18 heteroatoms. The van der Waals surface area contributed by atoms with Gasteiger partial charge in [0.15, 0.2) is 6.10 Å². The van der Waals surface area contributed by atoms with Crippen LogP contribution in [0.1, 0.15) is 393 Å². The highest BCUT2D eigenvalue weighted by atomic mass is 31.2. The van der Waals surface area contributed by atoms with Gasteiger partial charge in [0, 0.05) is 19.3 Å². The van der Waals surface area contributed by atoms with Gasteiger partial charge in [-0.3, -0.25) is 32.5 Å². The lowest BCUT2D eigenvalue weighted by Crippen LogP contribution is -2.30. The number of carbonyl (C=O) groups is 3. The van der Waals surface area contributed by atoms with Crippen LogP contribution < -0.4 is 0 Å². The summed E-state index contributed by atoms with van der Waals surface area (Å²) >= 11 is 0. The van der Waals surface area contributed by atoms with Crippen molar-refractivity contribution in [2.75, 3.05) is 39.6 Å². The molecule has 0 spiro atoms. The molecule has 0 aliphatic rings. The van der Waals surface area contributed by atoms with Gasteiger partial charge in [0.05, 0.1) is 26.4 Å². The zero-order valence-electron chi connectivity index (χ0n) is 78.7. The first-order chi connectivity index (χ1) is 61.2. The third-order valence-corrected chi connectivity index (χ3v) is 22.4. The average Bonchev–Trinajstić information content (AvgIpc) is 0.897. The topological polar surface area (TPSA) is 231 Å². The second-order valence-corrected chi connectivity index (χ2v) is 35.3. The second kappa shape index (κ2) is 97.2. The van der Waals surface area contributed by atoms with E-state index < -0.39 is 91.5 Å². The molecule has 0 rings (SSSR count). The molecule has 0 radical (unpaired) electrons. The van der Waals surface area contributed by atoms with E-state index in [2.05, 4.69) is 227 Å². The van der Waals surface area contributed by atoms with Gasteiger partial charge in [0.2, 0.25) is 0 Å². The van der Waals surface area contributed by atoms with Crippen molar-refractivity contribution in [2.45, 2.75) is 411 Å². The molecule has 0 amide bonds. The van der Waals surface area contributed by atoms with E-state index in [9.17, 15) is 43.5 Å². The van der Waals surface area contributed by atoms with Crippen LogP contribution in [0.3, 0.4) is 0 Å². The van der Waals surface area contributed by atoms with Gasteiger partial charge in [-0.25, -0.2) is 9.13 Å². The Morgan fingerprint density at radius 1 is 0.224 bits per heavy atom. The largest absolute Gasteiger partial charge is 0.472 e. The lowest BCUT2D eigenvalue weighted by Gasteiger charge is -2.21. The van der Waals surface area contributed by atoms with Crippen LogP contribution in [0.5, 0.6) is 0 Å². The van der Waals surface area contributed by atoms with Crippen LogP contribution in [-0.4, -0.2) is 95.9 Å². The normalized spacial score (nSPS) is 14.6. The molecule has 125 heavy (non-hydrogen) atoms. The van der Waals surface area contributed by atoms with Gasteiger partial charge in [0.25, 0.3) is 0 Å². The molecule has 5 unspecified atom stereocenters. The number of carbonyl (C=O) groups excluding carboxylic acids is 3. The number of aliphatic hydroxyl groups is 2. The summed E-state index contributed by atoms with van der Waals surface area (Å²) < 4.78 is 61.6. The van der Waals surface area contributed by atoms with E-state index in [4.69, 9.17) is 32.3 Å². The molecule has 0 aromatic rings. The highest BCUT2D eigenvalue weighted by Gasteiger charge is 2.30. The van der Waals surface area contributed by atoms with Gasteiger partial charge < -0.3 is 34.2 Å². The third kappa shape index (κ3) is 98.6. The first-order valence-corrected chi connectivity index (χ1v) is 52.4. The SMILES string of the molecule is CC/C=C\C/C=C\C/C=C\C/C=C\C/C=C\C/C=C\CCCCCCCCCCCCCCCCCCC(=O)OCC(O)COP(=O)(O)OCC(O)COP(=O)(O)OCC(COC(=O)CCCCCCCCCCCC/C=C\C/C=C\C/C=C\C/C=C\C/C=C\C/C=C\CC)OC(=O)CCCCCCCCCCC/C=C\C/C=C\C/C=C\C/C=C\C/C=C\CC. The fraction of sp³-hybridized carbons (Fsp3) is 0.654. The summed E-state index contributed by atoms with van der Waals surface area (Å²) in [6, 6.07) is 0. The maximum Gasteiger partial charge on any atom is 0.472 e. The Kier molecular flexibility index (Phi) is 92.6. The number of rotatable bonds is 92. The fourth-order valence-electron chi connectivity index (χ4n) is 13.1. The number of hydrogen-bond acceptors (Lipinski definition) is 14. The van der Waals surface area contributed by atoms with Crippen molar-refractivity contribution >= 4 is 33.6 Å². The quantitative estimate of drug-likeness (QED) is 0.0146. The summed E-state index contributed by atoms with van der Waals surface area (Å²) in [5, 5.41) is 20.8. The van der Waals surface area contributed by atoms with Gasteiger partial charge >= 0.3 is 33.6 Å². The number of ether oxygens (including phenoxy) is 3. The van der Waals surface area contributed by atoms with Crippen LogP contribution in [0.25, 0.3) is 0 Å². The summed E-state index contributed by atoms with van der Waals surface area (Å²) in [6.45, 7) is 2.37. The Labute approximate surface area is 762 Å². The van der Waals surface area contributed by atoms with Crippen LogP contribution in [-0.2, 0) is 55.8 Å². The van der Waals surface area contributed by atoms with E-state index in [1.54, 1.807) is 0 Å². The molecular formula is C107H178O16P2. The highest BCUT2D eigenvalue weighted by molar-refractivity contribution is 7.47. The van der Waals surface area contributed by atoms with Crippen LogP contribution in [0.15, 0.2) is 207 Å². The van der Waals surface area contributed by atoms with E-state index in [1.807, 2.05) is 0 Å². The van der Waals surface area contributed by atoms with Crippen molar-refractivity contribution in [3.8, 4) is 0 Å². The zero-order chi connectivity index (χ0) is 90.7. The van der Waals surface area contributed by atoms with Crippen LogP contribution in [0.2, 0.25) is 0 Å². The monoisotopic (exact) mass is 1780 g/mol. The van der Waals surface area contributed by atoms with E-state index in [1.165, 1.54) is 141 Å². The minimum absolute atomic E-state index is 0.0898. The molecule has 0 aliphatic heterocycles. The number of allylic oxidation sites excluding steroid dienone is 34. The van der Waals surface area contributed by atoms with Crippen molar-refractivity contribution in [1.29, 1.82) is 0 Å². The molecule has 0 aliphatic carbocycles. The van der Waals surface area contributed by atoms with Gasteiger partial charge in [-0.2, -0.15) is 0 Å². The van der Waals surface area contributed by atoms with E-state index in [0.717, 1.165) is 193 Å². The molecule has 712 valence electrons. The van der Waals surface area contributed by atoms with Gasteiger partial charge in [-0.15, -0.1) is 0 Å². The lowest BCUT2D eigenvalue weighted by atomic mass is 10.0. The Bertz CT molecular complexity index is 3100. The molecule has 0 aromatic heterocycles. The van der Waals surface area contributed by atoms with Crippen molar-refractivity contribution in [3.63, 3.8) is 0 Å². The second-order valence-electron chi connectivity index (χ2n) is 32.4. The number of phosphoric acid groups is 2. The molecule has 0 saturated heterocycles. The smallest absolute Gasteiger partial charge is 0.463 e. The molecule has 0 aromatic carbocycles. The fourth-order valence-corrected chi connectivity index (χ4v) is 14.7. The summed E-state index contributed by atoms with van der Waals surface area (Å²) in [5.41, 5.74) is 0. The number of unbranched alkanes of at least 4 members (excludes halogenated alkanes) is 35. The molecule has 0 heterocycles. The van der Waals surface area contributed by atoms with Gasteiger partial charge in [-0.05, 0) is 167 Å². The van der Waals surface area contributed by atoms with Crippen molar-refractivity contribution in [3.05, 3.63) is 207 Å². The molecule has 0 bridgehead atoms. The predicted molar refractivity (Wildman–Crippen MR) is 527 cm³/mol. The first kappa shape index (κ1) is 119. The molecule has 0 fully saturated rings. The van der Waals surface area contributed by atoms with Crippen LogP contribution >= 0.6 is 15.6 Å². The van der Waals surface area contributed by atoms with E-state index in [-0.39, 0.29) is 19.3 Å². The Hall–Kier alpha value is -5.87. The Morgan fingerprint density at radius 2 is 0.400 bits per heavy atom. The van der Waals surface area contributed by atoms with Crippen LogP contribution in [0, 0.1) is 0 Å². The van der Waals surface area contributed by atoms with Crippen molar-refractivity contribution < 1.29 is 75.8 Å². The highest BCUT2D eigenvalue weighted by Crippen LogP contribution is 2.45. The first-order valence-electron chi connectivity index (χ1n) is 49.4. The van der Waals surface area contributed by atoms with E-state index in [0.29, 0.717) is 19.3 Å². The standard InChI is InChI=1S/C107H178O16P2/c1-4-7-10-13-16-19-22-25-28-31-34-37-40-43-45-47-48-49-50-51-52-54-56-58-60-63-66-69-72-75-78-81-84-87-90-93-105(110)117-96-102(108)97-119-124(113,114)120-98-103(109)99-121-125(115,116)122-101-104(123-107(112)95-92-89-86-83-80-77-74-71-68-65-62-57-42-39-36-33-30-27-24-21-18-15-12-9-6-3)100-118-106(111)94-91-88-85-82-79-76-73-70-67-64-61-59-55-53-46-44-41-38-35-32-29-26-23-20-17-14-11-8-5-2/h7-12,16-21,25-30,34-39,43-46,48-49,55,57,59,62,102-104,108-109H,4-6,13-15,22-24,31-33,40-42,47,50-54,56,58,60-61,63-101H2,1-3H3,(H,113,114)(H,115,116)/b10-7-,11-8-,12-9-,19-16-,20-17-,21-18-,28-25-,29-26-,30-27-,37-34-,38-35-,39-36-,45-43-,46-44-,49-48-,59-55-,62-57-. The van der Waals surface area contributed by atoms with Gasteiger partial charge in [0.1, 0.15) is 25.4 Å². The lowest BCUT2D eigenvalue weighted by molar-refractivity contribution is -0.161. The molecule has 16 nitrogen and oxygen atoms in total. The van der Waals surface area contributed by atoms with Crippen molar-refractivity contribution in [2.24, 2.45) is 0 Å². The third-order valence-electron chi connectivity index (χ3n) is 20.5. The summed E-state index contributed by atoms with van der Waals surface area (Å²) in [6.07, 6.45) is 132. The Balaban J connectivity index is 4.60. The maximum atomic E-state index is 13.1. The summed E-state index contributed by atoms with van der Waals surface area (Å²) in [4.78, 5) is 59.2. The minimum atomic E-state index is -4.95. The number of esters is 3. The number of hydrogen-bond donors (Lipinski definition) is 4. The number of aliphatic hydroxyl groups excluding tert-OH is 2. The molecule has 5 atom stereocenters. The van der Waals surface area contributed by atoms with Crippen LogP contribution in [0.4, 0.5) is 0 Å². The maximum absolute atomic E-state index is 13.1. The molecule has 4 N–H and O–H groups in total. The predicted octanol–water partition coefficient (Wildman–Crippen LogP) is 31.1. The average molecular weight is 1780 g/mol.